The Labute approximate surface area is 111 Å². The van der Waals surface area contributed by atoms with Crippen LogP contribution in [-0.4, -0.2) is 30.1 Å². The molecule has 1 N–H and O–H groups in total. The third-order valence-electron chi connectivity index (χ3n) is 3.36. The van der Waals surface area contributed by atoms with Crippen LogP contribution in [0.25, 0.3) is 0 Å². The van der Waals surface area contributed by atoms with E-state index in [1.54, 1.807) is 13.0 Å². The Morgan fingerprint density at radius 1 is 1.47 bits per heavy atom. The average molecular weight is 267 g/mol. The molecule has 0 amide bonds. The van der Waals surface area contributed by atoms with Gasteiger partial charge >= 0.3 is 0 Å². The van der Waals surface area contributed by atoms with E-state index in [9.17, 15) is 14.5 Å². The third kappa shape index (κ3) is 2.84. The van der Waals surface area contributed by atoms with Gasteiger partial charge in [-0.3, -0.25) is 10.1 Å². The molecule has 0 bridgehead atoms. The number of nitro benzene ring substituents is 1. The highest BCUT2D eigenvalue weighted by Gasteiger charge is 2.30. The summed E-state index contributed by atoms with van der Waals surface area (Å²) >= 11 is 0. The third-order valence-corrected chi connectivity index (χ3v) is 3.36. The highest BCUT2D eigenvalue weighted by Crippen LogP contribution is 2.32. The molecule has 2 rings (SSSR count). The zero-order valence-corrected chi connectivity index (χ0v) is 11.4. The number of benzene rings is 1. The van der Waals surface area contributed by atoms with Gasteiger partial charge in [0, 0.05) is 25.2 Å². The van der Waals surface area contributed by atoms with E-state index < -0.39 is 10.7 Å². The Morgan fingerprint density at radius 2 is 2.16 bits per heavy atom. The first kappa shape index (κ1) is 13.7. The van der Waals surface area contributed by atoms with Crippen molar-refractivity contribution in [3.8, 4) is 0 Å². The van der Waals surface area contributed by atoms with Gasteiger partial charge in [0.25, 0.3) is 5.69 Å². The SMILES string of the molecule is Cc1cc(N2CCNC(C)(C)C2)c([N+](=O)[O-])cc1F. The first-order chi connectivity index (χ1) is 8.80. The molecule has 1 fully saturated rings. The van der Waals surface area contributed by atoms with Gasteiger partial charge in [0.05, 0.1) is 11.0 Å². The number of piperazine rings is 1. The molecule has 1 aromatic rings. The molecule has 0 atom stereocenters. The summed E-state index contributed by atoms with van der Waals surface area (Å²) < 4.78 is 13.5. The molecule has 1 aromatic carbocycles. The second-order valence-corrected chi connectivity index (χ2v) is 5.58. The van der Waals surface area contributed by atoms with Crippen molar-refractivity contribution in [2.75, 3.05) is 24.5 Å². The molecule has 0 saturated carbocycles. The van der Waals surface area contributed by atoms with E-state index in [4.69, 9.17) is 0 Å². The fraction of sp³-hybridized carbons (Fsp3) is 0.538. The molecule has 5 nitrogen and oxygen atoms in total. The van der Waals surface area contributed by atoms with Crippen LogP contribution in [0, 0.1) is 22.9 Å². The minimum absolute atomic E-state index is 0.117. The number of halogens is 1. The normalized spacial score (nSPS) is 18.4. The molecule has 0 radical (unpaired) electrons. The van der Waals surface area contributed by atoms with E-state index in [0.717, 1.165) is 12.6 Å². The van der Waals surface area contributed by atoms with Crippen molar-refractivity contribution in [1.29, 1.82) is 0 Å². The second kappa shape index (κ2) is 4.77. The van der Waals surface area contributed by atoms with Crippen LogP contribution in [0.15, 0.2) is 12.1 Å². The van der Waals surface area contributed by atoms with Gasteiger partial charge in [-0.15, -0.1) is 0 Å². The first-order valence-electron chi connectivity index (χ1n) is 6.25. The Kier molecular flexibility index (Phi) is 3.45. The molecule has 104 valence electrons. The lowest BCUT2D eigenvalue weighted by Crippen LogP contribution is -2.57. The Hall–Kier alpha value is -1.69. The van der Waals surface area contributed by atoms with Gasteiger partial charge in [0.15, 0.2) is 0 Å². The lowest BCUT2D eigenvalue weighted by Gasteiger charge is -2.40. The lowest BCUT2D eigenvalue weighted by atomic mass is 10.0. The Morgan fingerprint density at radius 3 is 2.74 bits per heavy atom. The minimum Gasteiger partial charge on any atom is -0.363 e. The predicted molar refractivity (Wildman–Crippen MR) is 72.1 cm³/mol. The van der Waals surface area contributed by atoms with Gasteiger partial charge in [-0.25, -0.2) is 4.39 Å². The number of hydrogen-bond acceptors (Lipinski definition) is 4. The van der Waals surface area contributed by atoms with Crippen molar-refractivity contribution < 1.29 is 9.31 Å². The summed E-state index contributed by atoms with van der Waals surface area (Å²) in [6.07, 6.45) is 0. The molecule has 1 saturated heterocycles. The van der Waals surface area contributed by atoms with Crippen molar-refractivity contribution >= 4 is 11.4 Å². The monoisotopic (exact) mass is 267 g/mol. The van der Waals surface area contributed by atoms with Crippen LogP contribution in [0.3, 0.4) is 0 Å². The molecule has 1 aliphatic rings. The van der Waals surface area contributed by atoms with E-state index in [0.29, 0.717) is 24.3 Å². The summed E-state index contributed by atoms with van der Waals surface area (Å²) in [4.78, 5) is 12.5. The summed E-state index contributed by atoms with van der Waals surface area (Å²) in [5.74, 6) is -0.537. The quantitative estimate of drug-likeness (QED) is 0.659. The first-order valence-corrected chi connectivity index (χ1v) is 6.25. The summed E-state index contributed by atoms with van der Waals surface area (Å²) in [5.41, 5.74) is 0.644. The average Bonchev–Trinajstić information content (AvgIpc) is 2.30. The van der Waals surface area contributed by atoms with E-state index in [-0.39, 0.29) is 11.2 Å². The molecule has 1 heterocycles. The van der Waals surface area contributed by atoms with Crippen molar-refractivity contribution in [2.45, 2.75) is 26.3 Å². The zero-order valence-electron chi connectivity index (χ0n) is 11.4. The molecule has 19 heavy (non-hydrogen) atoms. The van der Waals surface area contributed by atoms with Crippen molar-refractivity contribution in [2.24, 2.45) is 0 Å². The molecule has 6 heteroatoms. The Balaban J connectivity index is 2.43. The standard InChI is InChI=1S/C13H18FN3O2/c1-9-6-11(12(17(18)19)7-10(9)14)16-5-4-15-13(2,3)8-16/h6-7,15H,4-5,8H2,1-3H3. The number of anilines is 1. The highest BCUT2D eigenvalue weighted by atomic mass is 19.1. The molecule has 0 unspecified atom stereocenters. The number of hydrogen-bond donors (Lipinski definition) is 1. The fourth-order valence-electron chi connectivity index (χ4n) is 2.40. The number of aryl methyl sites for hydroxylation is 1. The summed E-state index contributed by atoms with van der Waals surface area (Å²) in [6, 6.07) is 2.58. The van der Waals surface area contributed by atoms with Crippen LogP contribution in [0.4, 0.5) is 15.8 Å². The number of nitrogens with one attached hydrogen (secondary N) is 1. The van der Waals surface area contributed by atoms with Gasteiger partial charge in [0.1, 0.15) is 11.5 Å². The number of rotatable bonds is 2. The summed E-state index contributed by atoms with van der Waals surface area (Å²) in [5, 5.41) is 14.4. The summed E-state index contributed by atoms with van der Waals surface area (Å²) in [6.45, 7) is 7.79. The van der Waals surface area contributed by atoms with E-state index in [2.05, 4.69) is 5.32 Å². The maximum Gasteiger partial charge on any atom is 0.295 e. The molecular formula is C13H18FN3O2. The largest absolute Gasteiger partial charge is 0.363 e. The number of nitrogens with zero attached hydrogens (tertiary/aromatic N) is 2. The molecule has 0 aliphatic carbocycles. The summed E-state index contributed by atoms with van der Waals surface area (Å²) in [7, 11) is 0. The van der Waals surface area contributed by atoms with Gasteiger partial charge in [-0.2, -0.15) is 0 Å². The van der Waals surface area contributed by atoms with Crippen LogP contribution < -0.4 is 10.2 Å². The van der Waals surface area contributed by atoms with Crippen LogP contribution in [-0.2, 0) is 0 Å². The van der Waals surface area contributed by atoms with Gasteiger partial charge in [0.2, 0.25) is 0 Å². The van der Waals surface area contributed by atoms with Crippen molar-refractivity contribution in [3.63, 3.8) is 0 Å². The van der Waals surface area contributed by atoms with Gasteiger partial charge < -0.3 is 10.2 Å². The molecule has 0 spiro atoms. The van der Waals surface area contributed by atoms with Crippen LogP contribution >= 0.6 is 0 Å². The predicted octanol–water partition coefficient (Wildman–Crippen LogP) is 2.23. The molecular weight excluding hydrogens is 249 g/mol. The van der Waals surface area contributed by atoms with Crippen LogP contribution in [0.1, 0.15) is 19.4 Å². The zero-order chi connectivity index (χ0) is 14.2. The van der Waals surface area contributed by atoms with E-state index in [1.807, 2.05) is 18.7 Å². The van der Waals surface area contributed by atoms with Crippen molar-refractivity contribution in [1.82, 2.24) is 5.32 Å². The maximum absolute atomic E-state index is 13.5. The van der Waals surface area contributed by atoms with Crippen molar-refractivity contribution in [3.05, 3.63) is 33.6 Å². The highest BCUT2D eigenvalue weighted by molar-refractivity contribution is 5.65. The topological polar surface area (TPSA) is 58.4 Å². The van der Waals surface area contributed by atoms with Gasteiger partial charge in [-0.05, 0) is 32.4 Å². The molecule has 1 aliphatic heterocycles. The smallest absolute Gasteiger partial charge is 0.295 e. The fourth-order valence-corrected chi connectivity index (χ4v) is 2.40. The Bertz CT molecular complexity index is 517. The van der Waals surface area contributed by atoms with E-state index >= 15 is 0 Å². The second-order valence-electron chi connectivity index (χ2n) is 5.58. The van der Waals surface area contributed by atoms with Gasteiger partial charge in [-0.1, -0.05) is 0 Å². The maximum atomic E-state index is 13.5. The molecule has 0 aromatic heterocycles. The van der Waals surface area contributed by atoms with E-state index in [1.165, 1.54) is 0 Å². The van der Waals surface area contributed by atoms with Crippen LogP contribution in [0.5, 0.6) is 0 Å². The lowest BCUT2D eigenvalue weighted by molar-refractivity contribution is -0.384. The van der Waals surface area contributed by atoms with Crippen LogP contribution in [0.2, 0.25) is 0 Å². The number of nitro groups is 1. The minimum atomic E-state index is -0.537.